The van der Waals surface area contributed by atoms with E-state index in [1.165, 1.54) is 0 Å². The molecular weight excluding hydrogens is 192 g/mol. The highest BCUT2D eigenvalue weighted by Gasteiger charge is 2.11. The third-order valence-electron chi connectivity index (χ3n) is 2.29. The normalized spacial score (nSPS) is 11.9. The number of hydrazine groups is 1. The van der Waals surface area contributed by atoms with E-state index in [0.717, 1.165) is 11.3 Å². The van der Waals surface area contributed by atoms with Gasteiger partial charge in [-0.25, -0.2) is 5.84 Å². The highest BCUT2D eigenvalue weighted by Crippen LogP contribution is 2.14. The van der Waals surface area contributed by atoms with Crippen LogP contribution in [0.4, 0.5) is 0 Å². The predicted molar refractivity (Wildman–Crippen MR) is 58.2 cm³/mol. The number of carbonyl (C=O) groups excluding carboxylic acids is 1. The van der Waals surface area contributed by atoms with E-state index in [-0.39, 0.29) is 11.8 Å². The Labute approximate surface area is 89.4 Å². The van der Waals surface area contributed by atoms with Crippen LogP contribution in [0.15, 0.2) is 24.3 Å². The summed E-state index contributed by atoms with van der Waals surface area (Å²) < 4.78 is 5.04. The molecule has 0 aliphatic rings. The molecule has 4 heteroatoms. The summed E-state index contributed by atoms with van der Waals surface area (Å²) in [5.41, 5.74) is 3.23. The number of hydrogen-bond donors (Lipinski definition) is 2. The first-order chi connectivity index (χ1) is 7.17. The summed E-state index contributed by atoms with van der Waals surface area (Å²) in [5.74, 6) is 5.60. The topological polar surface area (TPSA) is 64.3 Å². The number of carbonyl (C=O) groups is 1. The maximum Gasteiger partial charge on any atom is 0.237 e. The SMILES string of the molecule is COc1ccc(CC(C)C(=O)NN)cc1. The third-order valence-corrected chi connectivity index (χ3v) is 2.29. The summed E-state index contributed by atoms with van der Waals surface area (Å²) in [6.07, 6.45) is 0.674. The quantitative estimate of drug-likeness (QED) is 0.438. The van der Waals surface area contributed by atoms with Gasteiger partial charge in [0.1, 0.15) is 5.75 Å². The Morgan fingerprint density at radius 2 is 2.07 bits per heavy atom. The molecule has 0 bridgehead atoms. The highest BCUT2D eigenvalue weighted by atomic mass is 16.5. The maximum atomic E-state index is 11.2. The molecule has 0 saturated carbocycles. The number of rotatable bonds is 4. The Kier molecular flexibility index (Phi) is 4.12. The zero-order valence-corrected chi connectivity index (χ0v) is 8.99. The smallest absolute Gasteiger partial charge is 0.237 e. The molecule has 0 saturated heterocycles. The number of hydrogen-bond acceptors (Lipinski definition) is 3. The van der Waals surface area contributed by atoms with Crippen LogP contribution in [0.1, 0.15) is 12.5 Å². The summed E-state index contributed by atoms with van der Waals surface area (Å²) in [5, 5.41) is 0. The second-order valence-electron chi connectivity index (χ2n) is 3.46. The van der Waals surface area contributed by atoms with Crippen molar-refractivity contribution in [2.45, 2.75) is 13.3 Å². The molecule has 1 aromatic rings. The first-order valence-corrected chi connectivity index (χ1v) is 4.80. The molecule has 1 aromatic carbocycles. The molecule has 1 rings (SSSR count). The second-order valence-corrected chi connectivity index (χ2v) is 3.46. The summed E-state index contributed by atoms with van der Waals surface area (Å²) in [6.45, 7) is 1.84. The second kappa shape index (κ2) is 5.36. The van der Waals surface area contributed by atoms with E-state index in [4.69, 9.17) is 10.6 Å². The van der Waals surface area contributed by atoms with Crippen LogP contribution in [0.3, 0.4) is 0 Å². The molecule has 4 nitrogen and oxygen atoms in total. The van der Waals surface area contributed by atoms with Crippen molar-refractivity contribution in [3.05, 3.63) is 29.8 Å². The first kappa shape index (κ1) is 11.5. The van der Waals surface area contributed by atoms with Crippen molar-refractivity contribution in [1.29, 1.82) is 0 Å². The van der Waals surface area contributed by atoms with Crippen molar-refractivity contribution >= 4 is 5.91 Å². The average Bonchev–Trinajstić information content (AvgIpc) is 2.29. The van der Waals surface area contributed by atoms with Crippen molar-refractivity contribution in [2.75, 3.05) is 7.11 Å². The van der Waals surface area contributed by atoms with Crippen LogP contribution in [0.2, 0.25) is 0 Å². The molecule has 1 atom stereocenters. The molecule has 0 aromatic heterocycles. The fourth-order valence-corrected chi connectivity index (χ4v) is 1.35. The Balaban J connectivity index is 2.60. The molecule has 0 aliphatic carbocycles. The summed E-state index contributed by atoms with van der Waals surface area (Å²) in [7, 11) is 1.62. The minimum Gasteiger partial charge on any atom is -0.497 e. The van der Waals surface area contributed by atoms with Gasteiger partial charge >= 0.3 is 0 Å². The van der Waals surface area contributed by atoms with Crippen LogP contribution in [0.25, 0.3) is 0 Å². The van der Waals surface area contributed by atoms with Gasteiger partial charge < -0.3 is 4.74 Å². The molecule has 3 N–H and O–H groups in total. The van der Waals surface area contributed by atoms with Crippen molar-refractivity contribution in [3.63, 3.8) is 0 Å². The Morgan fingerprint density at radius 3 is 2.53 bits per heavy atom. The van der Waals surface area contributed by atoms with E-state index in [0.29, 0.717) is 6.42 Å². The fourth-order valence-electron chi connectivity index (χ4n) is 1.35. The van der Waals surface area contributed by atoms with Crippen molar-refractivity contribution in [1.82, 2.24) is 5.43 Å². The Bertz CT molecular complexity index is 322. The van der Waals surface area contributed by atoms with E-state index in [9.17, 15) is 4.79 Å². The molecule has 0 aliphatic heterocycles. The first-order valence-electron chi connectivity index (χ1n) is 4.80. The molecule has 0 fully saturated rings. The van der Waals surface area contributed by atoms with Crippen LogP contribution in [0, 0.1) is 5.92 Å². The van der Waals surface area contributed by atoms with Gasteiger partial charge in [0.05, 0.1) is 7.11 Å². The van der Waals surface area contributed by atoms with E-state index in [1.54, 1.807) is 7.11 Å². The zero-order chi connectivity index (χ0) is 11.3. The lowest BCUT2D eigenvalue weighted by Gasteiger charge is -2.09. The van der Waals surface area contributed by atoms with E-state index >= 15 is 0 Å². The number of amides is 1. The number of nitrogens with two attached hydrogens (primary N) is 1. The van der Waals surface area contributed by atoms with Gasteiger partial charge in [-0.2, -0.15) is 0 Å². The minimum absolute atomic E-state index is 0.122. The lowest BCUT2D eigenvalue weighted by molar-refractivity contribution is -0.124. The van der Waals surface area contributed by atoms with Gasteiger partial charge in [0.15, 0.2) is 0 Å². The lowest BCUT2D eigenvalue weighted by atomic mass is 10.0. The van der Waals surface area contributed by atoms with Gasteiger partial charge in [0, 0.05) is 5.92 Å². The molecule has 0 radical (unpaired) electrons. The van der Waals surface area contributed by atoms with Gasteiger partial charge in [0.25, 0.3) is 0 Å². The largest absolute Gasteiger partial charge is 0.497 e. The van der Waals surface area contributed by atoms with Gasteiger partial charge in [-0.1, -0.05) is 19.1 Å². The molecular formula is C11H16N2O2. The van der Waals surface area contributed by atoms with Crippen molar-refractivity contribution in [2.24, 2.45) is 11.8 Å². The number of ether oxygens (including phenoxy) is 1. The van der Waals surface area contributed by atoms with E-state index in [2.05, 4.69) is 5.43 Å². The molecule has 0 spiro atoms. The predicted octanol–water partition coefficient (Wildman–Crippen LogP) is 0.864. The average molecular weight is 208 g/mol. The van der Waals surface area contributed by atoms with E-state index in [1.807, 2.05) is 31.2 Å². The van der Waals surface area contributed by atoms with Crippen LogP contribution < -0.4 is 16.0 Å². The molecule has 15 heavy (non-hydrogen) atoms. The molecule has 0 heterocycles. The summed E-state index contributed by atoms with van der Waals surface area (Å²) in [4.78, 5) is 11.2. The Hall–Kier alpha value is -1.55. The Morgan fingerprint density at radius 1 is 1.47 bits per heavy atom. The van der Waals surface area contributed by atoms with Gasteiger partial charge in [-0.15, -0.1) is 0 Å². The zero-order valence-electron chi connectivity index (χ0n) is 8.99. The van der Waals surface area contributed by atoms with Crippen LogP contribution in [0.5, 0.6) is 5.75 Å². The fraction of sp³-hybridized carbons (Fsp3) is 0.364. The maximum absolute atomic E-state index is 11.2. The number of nitrogens with one attached hydrogen (secondary N) is 1. The van der Waals surface area contributed by atoms with Gasteiger partial charge in [-0.05, 0) is 24.1 Å². The van der Waals surface area contributed by atoms with Gasteiger partial charge in [-0.3, -0.25) is 10.2 Å². The van der Waals surface area contributed by atoms with Crippen LogP contribution >= 0.6 is 0 Å². The van der Waals surface area contributed by atoms with Crippen LogP contribution in [-0.4, -0.2) is 13.0 Å². The van der Waals surface area contributed by atoms with Gasteiger partial charge in [0.2, 0.25) is 5.91 Å². The molecule has 1 unspecified atom stereocenters. The molecule has 1 amide bonds. The van der Waals surface area contributed by atoms with Crippen LogP contribution in [-0.2, 0) is 11.2 Å². The summed E-state index contributed by atoms with van der Waals surface area (Å²) in [6, 6.07) is 7.64. The number of methoxy groups -OCH3 is 1. The molecule has 82 valence electrons. The number of benzene rings is 1. The third kappa shape index (κ3) is 3.25. The lowest BCUT2D eigenvalue weighted by Crippen LogP contribution is -2.35. The highest BCUT2D eigenvalue weighted by molar-refractivity contribution is 5.77. The summed E-state index contributed by atoms with van der Waals surface area (Å²) >= 11 is 0. The minimum atomic E-state index is -0.147. The standard InChI is InChI=1S/C11H16N2O2/c1-8(11(14)13-12)7-9-3-5-10(15-2)6-4-9/h3-6,8H,7,12H2,1-2H3,(H,13,14). The van der Waals surface area contributed by atoms with E-state index < -0.39 is 0 Å². The van der Waals surface area contributed by atoms with Crippen molar-refractivity contribution in [3.8, 4) is 5.75 Å². The monoisotopic (exact) mass is 208 g/mol. The van der Waals surface area contributed by atoms with Crippen molar-refractivity contribution < 1.29 is 9.53 Å².